The Kier molecular flexibility index (Phi) is 8.37. The molecule has 2 heteroatoms. The van der Waals surface area contributed by atoms with Gasteiger partial charge in [-0.15, -0.1) is 0 Å². The highest BCUT2D eigenvalue weighted by atomic mass is 16.5. The van der Waals surface area contributed by atoms with Crippen molar-refractivity contribution in [1.29, 1.82) is 0 Å². The van der Waals surface area contributed by atoms with Crippen molar-refractivity contribution in [2.75, 3.05) is 6.54 Å². The van der Waals surface area contributed by atoms with Gasteiger partial charge in [0, 0.05) is 12.1 Å². The van der Waals surface area contributed by atoms with Crippen LogP contribution in [-0.2, 0) is 6.61 Å². The first-order chi connectivity index (χ1) is 12.9. The molecule has 0 radical (unpaired) electrons. The first kappa shape index (κ1) is 21.5. The van der Waals surface area contributed by atoms with Gasteiger partial charge >= 0.3 is 0 Å². The first-order valence-electron chi connectivity index (χ1n) is 10.4. The Morgan fingerprint density at radius 3 is 2.19 bits per heavy atom. The molecule has 0 spiro atoms. The minimum Gasteiger partial charge on any atom is -0.489 e. The number of nitrogens with zero attached hydrogens (tertiary/aromatic N) is 1. The van der Waals surface area contributed by atoms with Crippen molar-refractivity contribution in [2.24, 2.45) is 0 Å². The van der Waals surface area contributed by atoms with Crippen molar-refractivity contribution in [3.8, 4) is 5.75 Å². The number of hydrogen-bond acceptors (Lipinski definition) is 2. The fraction of sp³-hybridized carbons (Fsp3) is 0.520. The molecule has 1 atom stereocenters. The summed E-state index contributed by atoms with van der Waals surface area (Å²) in [6.07, 6.45) is 2.30. The van der Waals surface area contributed by atoms with E-state index in [9.17, 15) is 0 Å². The lowest BCUT2D eigenvalue weighted by Crippen LogP contribution is -2.38. The Labute approximate surface area is 166 Å². The molecule has 0 unspecified atom stereocenters. The maximum Gasteiger partial charge on any atom is 0.123 e. The molecule has 0 aliphatic rings. The monoisotopic (exact) mass is 367 g/mol. The second-order valence-corrected chi connectivity index (χ2v) is 8.13. The van der Waals surface area contributed by atoms with E-state index in [1.807, 2.05) is 6.07 Å². The van der Waals surface area contributed by atoms with Gasteiger partial charge in [0.25, 0.3) is 0 Å². The van der Waals surface area contributed by atoms with Crippen LogP contribution in [0.3, 0.4) is 0 Å². The third kappa shape index (κ3) is 6.39. The van der Waals surface area contributed by atoms with Gasteiger partial charge in [-0.25, -0.2) is 0 Å². The molecule has 0 heterocycles. The number of ether oxygens (including phenoxy) is 1. The van der Waals surface area contributed by atoms with Crippen LogP contribution in [0.4, 0.5) is 0 Å². The van der Waals surface area contributed by atoms with Crippen LogP contribution in [-0.4, -0.2) is 23.5 Å². The fourth-order valence-corrected chi connectivity index (χ4v) is 3.85. The number of benzene rings is 2. The SMILES string of the molecule is CC[C@@H](CCN(C(C)C)C(C)C)c1cc(C)ccc1OCc1ccccc1. The van der Waals surface area contributed by atoms with Crippen LogP contribution in [0.15, 0.2) is 48.5 Å². The van der Waals surface area contributed by atoms with Crippen LogP contribution in [0.25, 0.3) is 0 Å². The average molecular weight is 368 g/mol. The summed E-state index contributed by atoms with van der Waals surface area (Å²) >= 11 is 0. The van der Waals surface area contributed by atoms with Crippen molar-refractivity contribution in [3.05, 3.63) is 65.2 Å². The molecule has 0 aliphatic heterocycles. The standard InChI is InChI=1S/C25H37NO/c1-7-23(15-16-26(19(2)3)20(4)5)24-17-21(6)13-14-25(24)27-18-22-11-9-8-10-12-22/h8-14,17,19-20,23H,7,15-16,18H2,1-6H3/t23-/m0/s1. The Morgan fingerprint density at radius 2 is 1.59 bits per heavy atom. The van der Waals surface area contributed by atoms with Crippen LogP contribution in [0.2, 0.25) is 0 Å². The molecule has 2 aromatic carbocycles. The van der Waals surface area contributed by atoms with Gasteiger partial charge < -0.3 is 4.74 Å². The van der Waals surface area contributed by atoms with E-state index in [4.69, 9.17) is 4.74 Å². The second kappa shape index (κ2) is 10.5. The minimum atomic E-state index is 0.524. The van der Waals surface area contributed by atoms with E-state index in [1.54, 1.807) is 0 Å². The lowest BCUT2D eigenvalue weighted by atomic mass is 9.90. The predicted octanol–water partition coefficient (Wildman–Crippen LogP) is 6.58. The molecule has 2 aromatic rings. The van der Waals surface area contributed by atoms with Crippen LogP contribution in [0.1, 0.15) is 70.1 Å². The van der Waals surface area contributed by atoms with Gasteiger partial charge in [0.1, 0.15) is 12.4 Å². The maximum absolute atomic E-state index is 6.25. The highest BCUT2D eigenvalue weighted by molar-refractivity contribution is 5.39. The lowest BCUT2D eigenvalue weighted by Gasteiger charge is -2.32. The summed E-state index contributed by atoms with van der Waals surface area (Å²) in [7, 11) is 0. The van der Waals surface area contributed by atoms with Crippen molar-refractivity contribution < 1.29 is 4.74 Å². The number of aryl methyl sites for hydroxylation is 1. The molecule has 2 rings (SSSR count). The Hall–Kier alpha value is -1.80. The molecule has 0 fully saturated rings. The second-order valence-electron chi connectivity index (χ2n) is 8.13. The average Bonchev–Trinajstić information content (AvgIpc) is 2.64. The number of rotatable bonds is 10. The maximum atomic E-state index is 6.25. The molecule has 27 heavy (non-hydrogen) atoms. The van der Waals surface area contributed by atoms with E-state index in [0.717, 1.165) is 25.1 Å². The number of hydrogen-bond donors (Lipinski definition) is 0. The van der Waals surface area contributed by atoms with Crippen LogP contribution >= 0.6 is 0 Å². The zero-order valence-electron chi connectivity index (χ0n) is 18.0. The quantitative estimate of drug-likeness (QED) is 0.470. The Bertz CT molecular complexity index is 670. The summed E-state index contributed by atoms with van der Waals surface area (Å²) in [5.41, 5.74) is 3.88. The lowest BCUT2D eigenvalue weighted by molar-refractivity contribution is 0.168. The van der Waals surface area contributed by atoms with Crippen LogP contribution in [0, 0.1) is 6.92 Å². The Balaban J connectivity index is 2.14. The van der Waals surface area contributed by atoms with E-state index in [-0.39, 0.29) is 0 Å². The summed E-state index contributed by atoms with van der Waals surface area (Å²) in [6.45, 7) is 15.4. The van der Waals surface area contributed by atoms with Crippen molar-refractivity contribution >= 4 is 0 Å². The van der Waals surface area contributed by atoms with Gasteiger partial charge in [0.05, 0.1) is 0 Å². The minimum absolute atomic E-state index is 0.524. The first-order valence-corrected chi connectivity index (χ1v) is 10.4. The van der Waals surface area contributed by atoms with Gasteiger partial charge in [-0.2, -0.15) is 0 Å². The van der Waals surface area contributed by atoms with Gasteiger partial charge in [-0.05, 0) is 77.1 Å². The summed E-state index contributed by atoms with van der Waals surface area (Å²) in [5.74, 6) is 1.56. The van der Waals surface area contributed by atoms with Gasteiger partial charge in [0.2, 0.25) is 0 Å². The zero-order valence-corrected chi connectivity index (χ0v) is 18.0. The van der Waals surface area contributed by atoms with Crippen molar-refractivity contribution in [1.82, 2.24) is 4.90 Å². The smallest absolute Gasteiger partial charge is 0.123 e. The van der Waals surface area contributed by atoms with E-state index in [2.05, 4.69) is 88.9 Å². The van der Waals surface area contributed by atoms with Crippen molar-refractivity contribution in [2.45, 2.75) is 79.0 Å². The molecule has 0 N–H and O–H groups in total. The van der Waals surface area contributed by atoms with Gasteiger partial charge in [-0.1, -0.05) is 55.0 Å². The van der Waals surface area contributed by atoms with E-state index in [0.29, 0.717) is 24.6 Å². The highest BCUT2D eigenvalue weighted by Gasteiger charge is 2.19. The topological polar surface area (TPSA) is 12.5 Å². The van der Waals surface area contributed by atoms with Crippen molar-refractivity contribution in [3.63, 3.8) is 0 Å². The van der Waals surface area contributed by atoms with Gasteiger partial charge in [-0.3, -0.25) is 4.90 Å². The largest absolute Gasteiger partial charge is 0.489 e. The molecule has 0 aliphatic carbocycles. The molecule has 0 bridgehead atoms. The molecular formula is C25H37NO. The molecule has 0 saturated heterocycles. The summed E-state index contributed by atoms with van der Waals surface area (Å²) in [5, 5.41) is 0. The predicted molar refractivity (Wildman–Crippen MR) is 117 cm³/mol. The van der Waals surface area contributed by atoms with Crippen LogP contribution in [0.5, 0.6) is 5.75 Å². The van der Waals surface area contributed by atoms with E-state index in [1.165, 1.54) is 16.7 Å². The third-order valence-corrected chi connectivity index (χ3v) is 5.40. The molecule has 2 nitrogen and oxygen atoms in total. The van der Waals surface area contributed by atoms with E-state index >= 15 is 0 Å². The fourth-order valence-electron chi connectivity index (χ4n) is 3.85. The molecule has 0 saturated carbocycles. The molecule has 0 amide bonds. The van der Waals surface area contributed by atoms with Gasteiger partial charge in [0.15, 0.2) is 0 Å². The molecule has 148 valence electrons. The Morgan fingerprint density at radius 1 is 0.926 bits per heavy atom. The van der Waals surface area contributed by atoms with Crippen LogP contribution < -0.4 is 4.74 Å². The zero-order chi connectivity index (χ0) is 19.8. The summed E-state index contributed by atoms with van der Waals surface area (Å²) < 4.78 is 6.25. The molecule has 0 aromatic heterocycles. The molecular weight excluding hydrogens is 330 g/mol. The highest BCUT2D eigenvalue weighted by Crippen LogP contribution is 2.33. The summed E-state index contributed by atoms with van der Waals surface area (Å²) in [4.78, 5) is 2.59. The summed E-state index contributed by atoms with van der Waals surface area (Å²) in [6, 6.07) is 18.2. The van der Waals surface area contributed by atoms with E-state index < -0.39 is 0 Å². The third-order valence-electron chi connectivity index (χ3n) is 5.40. The normalized spacial score (nSPS) is 12.8.